The maximum absolute atomic E-state index is 11.1. The number of aromatic nitrogens is 3. The largest absolute Gasteiger partial charge is 0.373 e. The van der Waals surface area contributed by atoms with Gasteiger partial charge in [0.2, 0.25) is 5.91 Å². The maximum Gasteiger partial charge on any atom is 0.250 e. The van der Waals surface area contributed by atoms with Crippen LogP contribution in [0.2, 0.25) is 0 Å². The SMILES string of the molecule is Cn1cc([C@@H]2OCCC[C@H]2CNc2ccc(C(N)=O)cn2)cn1. The Morgan fingerprint density at radius 2 is 2.35 bits per heavy atom. The fraction of sp³-hybridized carbons (Fsp3) is 0.438. The van der Waals surface area contributed by atoms with Gasteiger partial charge in [0.05, 0.1) is 17.9 Å². The smallest absolute Gasteiger partial charge is 0.250 e. The van der Waals surface area contributed by atoms with Crippen molar-refractivity contribution in [3.63, 3.8) is 0 Å². The molecule has 0 spiro atoms. The average Bonchev–Trinajstić information content (AvgIpc) is 3.00. The summed E-state index contributed by atoms with van der Waals surface area (Å²) in [5, 5.41) is 7.55. The molecule has 0 aliphatic carbocycles. The summed E-state index contributed by atoms with van der Waals surface area (Å²) in [5.74, 6) is 0.609. The molecule has 2 aromatic heterocycles. The van der Waals surface area contributed by atoms with Gasteiger partial charge >= 0.3 is 0 Å². The minimum atomic E-state index is -0.471. The number of carbonyl (C=O) groups excluding carboxylic acids is 1. The molecule has 1 amide bonds. The second-order valence-corrected chi connectivity index (χ2v) is 5.82. The second-order valence-electron chi connectivity index (χ2n) is 5.82. The van der Waals surface area contributed by atoms with Crippen LogP contribution in [0, 0.1) is 5.92 Å². The van der Waals surface area contributed by atoms with E-state index < -0.39 is 5.91 Å². The summed E-state index contributed by atoms with van der Waals surface area (Å²) in [7, 11) is 1.91. The summed E-state index contributed by atoms with van der Waals surface area (Å²) in [6.07, 6.45) is 7.55. The van der Waals surface area contributed by atoms with Crippen molar-refractivity contribution in [3.05, 3.63) is 41.9 Å². The van der Waals surface area contributed by atoms with Gasteiger partial charge in [-0.2, -0.15) is 5.10 Å². The molecule has 1 fully saturated rings. The zero-order chi connectivity index (χ0) is 16.2. The molecule has 0 saturated carbocycles. The first kappa shape index (κ1) is 15.5. The maximum atomic E-state index is 11.1. The van der Waals surface area contributed by atoms with Gasteiger partial charge in [0.25, 0.3) is 0 Å². The van der Waals surface area contributed by atoms with Gasteiger partial charge in [-0.05, 0) is 25.0 Å². The van der Waals surface area contributed by atoms with Crippen molar-refractivity contribution in [3.8, 4) is 0 Å². The number of nitrogens with one attached hydrogen (secondary N) is 1. The van der Waals surface area contributed by atoms with Gasteiger partial charge in [0.15, 0.2) is 0 Å². The Morgan fingerprint density at radius 3 is 3.00 bits per heavy atom. The van der Waals surface area contributed by atoms with E-state index in [0.717, 1.165) is 37.4 Å². The van der Waals surface area contributed by atoms with Crippen LogP contribution >= 0.6 is 0 Å². The van der Waals surface area contributed by atoms with E-state index in [1.54, 1.807) is 16.8 Å². The van der Waals surface area contributed by atoms with E-state index in [9.17, 15) is 4.79 Å². The Labute approximate surface area is 134 Å². The molecule has 0 unspecified atom stereocenters. The van der Waals surface area contributed by atoms with E-state index >= 15 is 0 Å². The standard InChI is InChI=1S/C16H21N5O2/c1-21-10-13(9-20-21)15-11(3-2-6-23-15)7-18-14-5-4-12(8-19-14)16(17)22/h4-5,8-11,15H,2-3,6-7H2,1H3,(H2,17,22)(H,18,19)/t11-,15+/m0/s1. The minimum Gasteiger partial charge on any atom is -0.373 e. The van der Waals surface area contributed by atoms with Crippen LogP contribution in [0.4, 0.5) is 5.82 Å². The molecule has 122 valence electrons. The van der Waals surface area contributed by atoms with Crippen LogP contribution in [0.15, 0.2) is 30.7 Å². The number of ether oxygens (including phenoxy) is 1. The Hall–Kier alpha value is -2.41. The van der Waals surface area contributed by atoms with Crippen LogP contribution in [0.3, 0.4) is 0 Å². The van der Waals surface area contributed by atoms with E-state index in [-0.39, 0.29) is 6.10 Å². The predicted molar refractivity (Wildman–Crippen MR) is 85.9 cm³/mol. The number of nitrogens with zero attached hydrogens (tertiary/aromatic N) is 3. The Kier molecular flexibility index (Phi) is 4.57. The van der Waals surface area contributed by atoms with Crippen molar-refractivity contribution >= 4 is 11.7 Å². The number of anilines is 1. The molecule has 23 heavy (non-hydrogen) atoms. The number of carbonyl (C=O) groups is 1. The number of amides is 1. The number of aryl methyl sites for hydroxylation is 1. The van der Waals surface area contributed by atoms with Crippen molar-refractivity contribution in [1.82, 2.24) is 14.8 Å². The summed E-state index contributed by atoms with van der Waals surface area (Å²) in [6.45, 7) is 1.53. The lowest BCUT2D eigenvalue weighted by Gasteiger charge is -2.31. The molecule has 1 saturated heterocycles. The predicted octanol–water partition coefficient (Wildman–Crippen LogP) is 1.49. The van der Waals surface area contributed by atoms with Gasteiger partial charge in [-0.15, -0.1) is 0 Å². The third kappa shape index (κ3) is 3.68. The molecule has 3 heterocycles. The van der Waals surface area contributed by atoms with Crippen molar-refractivity contribution < 1.29 is 9.53 Å². The summed E-state index contributed by atoms with van der Waals surface area (Å²) >= 11 is 0. The van der Waals surface area contributed by atoms with E-state index in [2.05, 4.69) is 15.4 Å². The van der Waals surface area contributed by atoms with Crippen LogP contribution in [-0.4, -0.2) is 33.8 Å². The van der Waals surface area contributed by atoms with Crippen LogP contribution in [0.5, 0.6) is 0 Å². The highest BCUT2D eigenvalue weighted by Crippen LogP contribution is 2.33. The minimum absolute atomic E-state index is 0.0508. The van der Waals surface area contributed by atoms with E-state index in [1.165, 1.54) is 6.20 Å². The first-order valence-corrected chi connectivity index (χ1v) is 7.73. The topological polar surface area (TPSA) is 95.1 Å². The highest BCUT2D eigenvalue weighted by molar-refractivity contribution is 5.92. The second kappa shape index (κ2) is 6.78. The van der Waals surface area contributed by atoms with Crippen molar-refractivity contribution in [2.45, 2.75) is 18.9 Å². The fourth-order valence-corrected chi connectivity index (χ4v) is 2.89. The number of hydrogen-bond donors (Lipinski definition) is 2. The summed E-state index contributed by atoms with van der Waals surface area (Å²) in [5.41, 5.74) is 6.73. The number of hydrogen-bond acceptors (Lipinski definition) is 5. The molecule has 1 aliphatic rings. The lowest BCUT2D eigenvalue weighted by molar-refractivity contribution is -0.0239. The molecule has 3 N–H and O–H groups in total. The zero-order valence-corrected chi connectivity index (χ0v) is 13.1. The van der Waals surface area contributed by atoms with Crippen LogP contribution < -0.4 is 11.1 Å². The molecule has 1 aliphatic heterocycles. The molecular weight excluding hydrogens is 294 g/mol. The van der Waals surface area contributed by atoms with Gasteiger partial charge < -0.3 is 15.8 Å². The monoisotopic (exact) mass is 315 g/mol. The summed E-state index contributed by atoms with van der Waals surface area (Å²) in [6, 6.07) is 3.44. The van der Waals surface area contributed by atoms with Gasteiger partial charge in [0.1, 0.15) is 5.82 Å². The summed E-state index contributed by atoms with van der Waals surface area (Å²) < 4.78 is 7.75. The number of nitrogens with two attached hydrogens (primary N) is 1. The molecule has 0 bridgehead atoms. The number of pyridine rings is 1. The van der Waals surface area contributed by atoms with E-state index in [0.29, 0.717) is 11.5 Å². The third-order valence-corrected chi connectivity index (χ3v) is 4.09. The molecular formula is C16H21N5O2. The van der Waals surface area contributed by atoms with Gasteiger partial charge in [-0.25, -0.2) is 4.98 Å². The van der Waals surface area contributed by atoms with Gasteiger partial charge in [0, 0.05) is 44.1 Å². The summed E-state index contributed by atoms with van der Waals surface area (Å²) in [4.78, 5) is 15.3. The van der Waals surface area contributed by atoms with E-state index in [4.69, 9.17) is 10.5 Å². The average molecular weight is 315 g/mol. The van der Waals surface area contributed by atoms with Crippen LogP contribution in [0.25, 0.3) is 0 Å². The quantitative estimate of drug-likeness (QED) is 0.871. The third-order valence-electron chi connectivity index (χ3n) is 4.09. The van der Waals surface area contributed by atoms with Crippen molar-refractivity contribution in [2.75, 3.05) is 18.5 Å². The number of rotatable bonds is 5. The first-order chi connectivity index (χ1) is 11.1. The Balaban J connectivity index is 1.64. The van der Waals surface area contributed by atoms with E-state index in [1.807, 2.05) is 19.4 Å². The molecule has 0 radical (unpaired) electrons. The van der Waals surface area contributed by atoms with Crippen molar-refractivity contribution in [1.29, 1.82) is 0 Å². The molecule has 0 aromatic carbocycles. The molecule has 7 heteroatoms. The lowest BCUT2D eigenvalue weighted by Crippen LogP contribution is -2.28. The molecule has 7 nitrogen and oxygen atoms in total. The molecule has 2 aromatic rings. The highest BCUT2D eigenvalue weighted by Gasteiger charge is 2.28. The fourth-order valence-electron chi connectivity index (χ4n) is 2.89. The molecule has 2 atom stereocenters. The first-order valence-electron chi connectivity index (χ1n) is 7.73. The Bertz CT molecular complexity index is 667. The molecule has 3 rings (SSSR count). The van der Waals surface area contributed by atoms with Gasteiger partial charge in [-0.1, -0.05) is 0 Å². The highest BCUT2D eigenvalue weighted by atomic mass is 16.5. The Morgan fingerprint density at radius 1 is 1.48 bits per heavy atom. The number of primary amides is 1. The van der Waals surface area contributed by atoms with Gasteiger partial charge in [-0.3, -0.25) is 9.48 Å². The normalized spacial score (nSPS) is 21.1. The van der Waals surface area contributed by atoms with Crippen LogP contribution in [0.1, 0.15) is 34.9 Å². The van der Waals surface area contributed by atoms with Crippen LogP contribution in [-0.2, 0) is 11.8 Å². The zero-order valence-electron chi connectivity index (χ0n) is 13.1. The van der Waals surface area contributed by atoms with Crippen molar-refractivity contribution in [2.24, 2.45) is 18.7 Å². The lowest BCUT2D eigenvalue weighted by atomic mass is 9.91.